The summed E-state index contributed by atoms with van der Waals surface area (Å²) in [5.74, 6) is 0.186. The third-order valence-corrected chi connectivity index (χ3v) is 3.44. The summed E-state index contributed by atoms with van der Waals surface area (Å²) in [6, 6.07) is 0. The molecule has 0 rings (SSSR count). The molecule has 0 aliphatic heterocycles. The summed E-state index contributed by atoms with van der Waals surface area (Å²) in [4.78, 5) is 14.2. The first-order chi connectivity index (χ1) is 7.50. The fraction of sp³-hybridized carbons (Fsp3) is 0.923. The van der Waals surface area contributed by atoms with Crippen LogP contribution >= 0.6 is 0 Å². The van der Waals surface area contributed by atoms with Crippen LogP contribution in [0.25, 0.3) is 0 Å². The Kier molecular flexibility index (Phi) is 7.39. The highest BCUT2D eigenvalue weighted by Gasteiger charge is 2.31. The van der Waals surface area contributed by atoms with Crippen LogP contribution in [0.3, 0.4) is 0 Å². The Bertz CT molecular complexity index is 206. The number of hydrogen-bond donors (Lipinski definition) is 1. The minimum Gasteiger partial charge on any atom is -0.359 e. The normalized spacial score (nSPS) is 14.9. The minimum atomic E-state index is -0.200. The largest absolute Gasteiger partial charge is 0.359 e. The maximum atomic E-state index is 11.9. The van der Waals surface area contributed by atoms with Crippen LogP contribution < -0.4 is 5.32 Å². The Morgan fingerprint density at radius 3 is 2.38 bits per heavy atom. The van der Waals surface area contributed by atoms with Gasteiger partial charge in [-0.15, -0.1) is 0 Å². The number of carbonyl (C=O) groups is 1. The topological polar surface area (TPSA) is 32.3 Å². The molecule has 1 atom stereocenters. The van der Waals surface area contributed by atoms with E-state index in [1.165, 1.54) is 0 Å². The Morgan fingerprint density at radius 2 is 1.94 bits per heavy atom. The number of amides is 1. The van der Waals surface area contributed by atoms with Gasteiger partial charge in [-0.25, -0.2) is 0 Å². The van der Waals surface area contributed by atoms with Crippen molar-refractivity contribution in [3.05, 3.63) is 0 Å². The Labute approximate surface area is 101 Å². The lowest BCUT2D eigenvalue weighted by Crippen LogP contribution is -2.39. The highest BCUT2D eigenvalue weighted by Crippen LogP contribution is 2.28. The van der Waals surface area contributed by atoms with E-state index in [1.54, 1.807) is 7.05 Å². The van der Waals surface area contributed by atoms with Crippen LogP contribution in [-0.4, -0.2) is 38.0 Å². The maximum absolute atomic E-state index is 11.9. The van der Waals surface area contributed by atoms with E-state index in [1.807, 2.05) is 0 Å². The van der Waals surface area contributed by atoms with E-state index in [4.69, 9.17) is 0 Å². The van der Waals surface area contributed by atoms with Crippen LogP contribution in [-0.2, 0) is 4.79 Å². The number of nitrogens with zero attached hydrogens (tertiary/aromatic N) is 1. The molecule has 0 aliphatic rings. The molecule has 3 nitrogen and oxygen atoms in total. The Hall–Kier alpha value is -0.570. The van der Waals surface area contributed by atoms with Crippen LogP contribution in [0.1, 0.15) is 46.5 Å². The van der Waals surface area contributed by atoms with Crippen molar-refractivity contribution in [2.45, 2.75) is 46.5 Å². The molecule has 96 valence electrons. The molecule has 0 aromatic rings. The zero-order chi connectivity index (χ0) is 12.6. The van der Waals surface area contributed by atoms with E-state index in [-0.39, 0.29) is 11.3 Å². The standard InChI is InChI=1S/C13H28N2O/c1-6-8-9-13(3,12(16)14-4)10-11-15(5)7-2/h6-11H2,1-5H3,(H,14,16). The van der Waals surface area contributed by atoms with E-state index in [0.29, 0.717) is 0 Å². The van der Waals surface area contributed by atoms with Gasteiger partial charge in [0.05, 0.1) is 0 Å². The molecule has 0 bridgehead atoms. The summed E-state index contributed by atoms with van der Waals surface area (Å²) in [5, 5.41) is 2.80. The molecule has 0 radical (unpaired) electrons. The second-order valence-electron chi connectivity index (χ2n) is 4.89. The van der Waals surface area contributed by atoms with Crippen molar-refractivity contribution in [3.8, 4) is 0 Å². The van der Waals surface area contributed by atoms with Crippen LogP contribution in [0.4, 0.5) is 0 Å². The third kappa shape index (κ3) is 4.97. The molecule has 3 heteroatoms. The molecular formula is C13H28N2O. The summed E-state index contributed by atoms with van der Waals surface area (Å²) >= 11 is 0. The molecule has 16 heavy (non-hydrogen) atoms. The number of hydrogen-bond acceptors (Lipinski definition) is 2. The number of nitrogens with one attached hydrogen (secondary N) is 1. The average Bonchev–Trinajstić information content (AvgIpc) is 2.32. The van der Waals surface area contributed by atoms with E-state index in [9.17, 15) is 4.79 Å². The van der Waals surface area contributed by atoms with Gasteiger partial charge < -0.3 is 10.2 Å². The van der Waals surface area contributed by atoms with Crippen molar-refractivity contribution >= 4 is 5.91 Å². The highest BCUT2D eigenvalue weighted by atomic mass is 16.2. The van der Waals surface area contributed by atoms with E-state index < -0.39 is 0 Å². The molecule has 0 spiro atoms. The molecular weight excluding hydrogens is 200 g/mol. The van der Waals surface area contributed by atoms with Gasteiger partial charge in [-0.3, -0.25) is 4.79 Å². The van der Waals surface area contributed by atoms with Crippen LogP contribution in [0, 0.1) is 5.41 Å². The molecule has 1 amide bonds. The average molecular weight is 228 g/mol. The SMILES string of the molecule is CCCCC(C)(CCN(C)CC)C(=O)NC. The maximum Gasteiger partial charge on any atom is 0.225 e. The Morgan fingerprint density at radius 1 is 1.31 bits per heavy atom. The fourth-order valence-electron chi connectivity index (χ4n) is 1.82. The van der Waals surface area contributed by atoms with Gasteiger partial charge >= 0.3 is 0 Å². The second-order valence-corrected chi connectivity index (χ2v) is 4.89. The molecule has 0 saturated carbocycles. The quantitative estimate of drug-likeness (QED) is 0.691. The lowest BCUT2D eigenvalue weighted by atomic mass is 9.80. The van der Waals surface area contributed by atoms with Gasteiger partial charge in [0, 0.05) is 12.5 Å². The van der Waals surface area contributed by atoms with E-state index >= 15 is 0 Å². The van der Waals surface area contributed by atoms with Crippen molar-refractivity contribution in [1.82, 2.24) is 10.2 Å². The van der Waals surface area contributed by atoms with Crippen molar-refractivity contribution < 1.29 is 4.79 Å². The molecule has 0 saturated heterocycles. The lowest BCUT2D eigenvalue weighted by molar-refractivity contribution is -0.130. The summed E-state index contributed by atoms with van der Waals surface area (Å²) < 4.78 is 0. The molecule has 1 N–H and O–H groups in total. The summed E-state index contributed by atoms with van der Waals surface area (Å²) in [7, 11) is 3.83. The first-order valence-electron chi connectivity index (χ1n) is 6.41. The first-order valence-corrected chi connectivity index (χ1v) is 6.41. The molecule has 0 aromatic heterocycles. The molecule has 0 heterocycles. The lowest BCUT2D eigenvalue weighted by Gasteiger charge is -2.29. The monoisotopic (exact) mass is 228 g/mol. The van der Waals surface area contributed by atoms with Gasteiger partial charge in [0.25, 0.3) is 0 Å². The molecule has 0 aliphatic carbocycles. The highest BCUT2D eigenvalue weighted by molar-refractivity contribution is 5.81. The molecule has 0 fully saturated rings. The Balaban J connectivity index is 4.35. The van der Waals surface area contributed by atoms with Crippen molar-refractivity contribution in [1.29, 1.82) is 0 Å². The zero-order valence-corrected chi connectivity index (χ0v) is 11.6. The van der Waals surface area contributed by atoms with Crippen LogP contribution in [0.2, 0.25) is 0 Å². The first kappa shape index (κ1) is 15.4. The number of carbonyl (C=O) groups excluding carboxylic acids is 1. The second kappa shape index (κ2) is 7.66. The minimum absolute atomic E-state index is 0.186. The van der Waals surface area contributed by atoms with Gasteiger partial charge in [-0.05, 0) is 33.0 Å². The zero-order valence-electron chi connectivity index (χ0n) is 11.6. The number of rotatable bonds is 8. The van der Waals surface area contributed by atoms with Gasteiger partial charge in [0.2, 0.25) is 5.91 Å². The number of unbranched alkanes of at least 4 members (excludes halogenated alkanes) is 1. The van der Waals surface area contributed by atoms with Gasteiger partial charge in [0.1, 0.15) is 0 Å². The van der Waals surface area contributed by atoms with Gasteiger partial charge in [0.15, 0.2) is 0 Å². The third-order valence-electron chi connectivity index (χ3n) is 3.44. The fourth-order valence-corrected chi connectivity index (χ4v) is 1.82. The van der Waals surface area contributed by atoms with Gasteiger partial charge in [-0.2, -0.15) is 0 Å². The predicted octanol–water partition coefficient (Wildman–Crippen LogP) is 2.27. The molecule has 0 aromatic carbocycles. The predicted molar refractivity (Wildman–Crippen MR) is 69.5 cm³/mol. The van der Waals surface area contributed by atoms with Crippen molar-refractivity contribution in [3.63, 3.8) is 0 Å². The van der Waals surface area contributed by atoms with E-state index in [0.717, 1.165) is 38.8 Å². The van der Waals surface area contributed by atoms with Crippen molar-refractivity contribution in [2.75, 3.05) is 27.2 Å². The molecule has 1 unspecified atom stereocenters. The van der Waals surface area contributed by atoms with Crippen LogP contribution in [0.15, 0.2) is 0 Å². The van der Waals surface area contributed by atoms with Crippen molar-refractivity contribution in [2.24, 2.45) is 5.41 Å². The summed E-state index contributed by atoms with van der Waals surface area (Å²) in [5.41, 5.74) is -0.200. The van der Waals surface area contributed by atoms with Gasteiger partial charge in [-0.1, -0.05) is 33.6 Å². The van der Waals surface area contributed by atoms with E-state index in [2.05, 4.69) is 38.0 Å². The smallest absolute Gasteiger partial charge is 0.225 e. The van der Waals surface area contributed by atoms with Crippen LogP contribution in [0.5, 0.6) is 0 Å². The summed E-state index contributed by atoms with van der Waals surface area (Å²) in [6.45, 7) is 8.43. The summed E-state index contributed by atoms with van der Waals surface area (Å²) in [6.07, 6.45) is 4.20.